The summed E-state index contributed by atoms with van der Waals surface area (Å²) in [5, 5.41) is 18.3. The molecule has 2 rings (SSSR count). The van der Waals surface area contributed by atoms with Crippen LogP contribution in [0.5, 0.6) is 0 Å². The van der Waals surface area contributed by atoms with E-state index in [1.165, 1.54) is 0 Å². The van der Waals surface area contributed by atoms with E-state index in [0.717, 1.165) is 19.5 Å². The number of hydrogen-bond acceptors (Lipinski definition) is 3. The number of hydrogen-bond donors (Lipinski definition) is 2. The molecule has 2 aliphatic heterocycles. The van der Waals surface area contributed by atoms with Crippen molar-refractivity contribution in [2.24, 2.45) is 5.92 Å². The molecule has 11 heavy (non-hydrogen) atoms. The number of aliphatic hydroxyl groups is 1. The summed E-state index contributed by atoms with van der Waals surface area (Å²) in [6.45, 7) is 2.01. The molecule has 0 saturated carbocycles. The first-order valence-electron chi connectivity index (χ1n) is 3.81. The van der Waals surface area contributed by atoms with Gasteiger partial charge >= 0.3 is 5.97 Å². The van der Waals surface area contributed by atoms with Crippen LogP contribution in [0.3, 0.4) is 0 Å². The standard InChI is InChI=1S/C7H11NO3/c9-6(10)7(11)4-8-2-1-5(7)3-8/h5,11H,1-4H2,(H,9,10)/t5-,7+/m0/s1. The lowest BCUT2D eigenvalue weighted by molar-refractivity contribution is -0.162. The number of carboxylic acid groups (broad SMARTS) is 1. The molecule has 1 unspecified atom stereocenters. The highest BCUT2D eigenvalue weighted by Crippen LogP contribution is 2.36. The molecule has 0 aromatic heterocycles. The molecule has 3 atom stereocenters. The van der Waals surface area contributed by atoms with Crippen molar-refractivity contribution in [3.63, 3.8) is 0 Å². The van der Waals surface area contributed by atoms with Crippen molar-refractivity contribution in [3.8, 4) is 0 Å². The van der Waals surface area contributed by atoms with E-state index in [4.69, 9.17) is 5.11 Å². The van der Waals surface area contributed by atoms with Crippen molar-refractivity contribution in [1.82, 2.24) is 4.90 Å². The van der Waals surface area contributed by atoms with Gasteiger partial charge in [0.15, 0.2) is 5.60 Å². The minimum Gasteiger partial charge on any atom is -0.479 e. The van der Waals surface area contributed by atoms with Crippen molar-refractivity contribution in [1.29, 1.82) is 0 Å². The normalized spacial score (nSPS) is 48.1. The van der Waals surface area contributed by atoms with Crippen LogP contribution in [0.1, 0.15) is 6.42 Å². The van der Waals surface area contributed by atoms with E-state index in [2.05, 4.69) is 0 Å². The summed E-state index contributed by atoms with van der Waals surface area (Å²) in [6, 6.07) is 0. The fraction of sp³-hybridized carbons (Fsp3) is 0.857. The average molecular weight is 157 g/mol. The second-order valence-corrected chi connectivity index (χ2v) is 3.45. The summed E-state index contributed by atoms with van der Waals surface area (Å²) < 4.78 is 0. The highest BCUT2D eigenvalue weighted by molar-refractivity contribution is 5.78. The molecular weight excluding hydrogens is 146 g/mol. The molecule has 2 bridgehead atoms. The van der Waals surface area contributed by atoms with Crippen LogP contribution >= 0.6 is 0 Å². The highest BCUT2D eigenvalue weighted by atomic mass is 16.4. The van der Waals surface area contributed by atoms with Crippen LogP contribution in [-0.2, 0) is 4.79 Å². The maximum absolute atomic E-state index is 10.6. The van der Waals surface area contributed by atoms with E-state index in [0.29, 0.717) is 6.54 Å². The van der Waals surface area contributed by atoms with E-state index in [1.54, 1.807) is 0 Å². The first-order chi connectivity index (χ1) is 5.13. The lowest BCUT2D eigenvalue weighted by Crippen LogP contribution is -2.49. The van der Waals surface area contributed by atoms with E-state index in [1.807, 2.05) is 4.90 Å². The Bertz CT molecular complexity index is 206. The fourth-order valence-electron chi connectivity index (χ4n) is 2.08. The predicted molar refractivity (Wildman–Crippen MR) is 37.1 cm³/mol. The Balaban J connectivity index is 2.23. The molecule has 0 spiro atoms. The Hall–Kier alpha value is -0.610. The van der Waals surface area contributed by atoms with Crippen molar-refractivity contribution in [2.45, 2.75) is 12.0 Å². The fourth-order valence-corrected chi connectivity index (χ4v) is 2.08. The third kappa shape index (κ3) is 0.795. The van der Waals surface area contributed by atoms with Crippen LogP contribution in [0, 0.1) is 5.92 Å². The maximum Gasteiger partial charge on any atom is 0.337 e. The molecule has 62 valence electrons. The molecule has 0 aliphatic carbocycles. The smallest absolute Gasteiger partial charge is 0.337 e. The molecule has 2 saturated heterocycles. The van der Waals surface area contributed by atoms with Crippen LogP contribution in [0.15, 0.2) is 0 Å². The van der Waals surface area contributed by atoms with Gasteiger partial charge in [0.1, 0.15) is 0 Å². The first-order valence-corrected chi connectivity index (χ1v) is 3.81. The van der Waals surface area contributed by atoms with Gasteiger partial charge in [-0.2, -0.15) is 0 Å². The zero-order chi connectivity index (χ0) is 8.06. The minimum absolute atomic E-state index is 0.0417. The molecule has 0 aromatic carbocycles. The largest absolute Gasteiger partial charge is 0.479 e. The second-order valence-electron chi connectivity index (χ2n) is 3.45. The molecule has 2 heterocycles. The van der Waals surface area contributed by atoms with Crippen molar-refractivity contribution in [2.75, 3.05) is 19.6 Å². The number of nitrogens with zero attached hydrogens (tertiary/aromatic N) is 1. The summed E-state index contributed by atoms with van der Waals surface area (Å²) in [7, 11) is 0. The van der Waals surface area contributed by atoms with E-state index < -0.39 is 11.6 Å². The monoisotopic (exact) mass is 157 g/mol. The number of carboxylic acids is 1. The van der Waals surface area contributed by atoms with Crippen LogP contribution < -0.4 is 0 Å². The summed E-state index contributed by atoms with van der Waals surface area (Å²) in [5.41, 5.74) is -1.45. The summed E-state index contributed by atoms with van der Waals surface area (Å²) in [6.07, 6.45) is 0.822. The number of piperidine rings is 1. The highest BCUT2D eigenvalue weighted by Gasteiger charge is 2.54. The lowest BCUT2D eigenvalue weighted by atomic mass is 9.88. The van der Waals surface area contributed by atoms with Gasteiger partial charge in [0.25, 0.3) is 0 Å². The van der Waals surface area contributed by atoms with E-state index in [9.17, 15) is 9.90 Å². The molecule has 0 radical (unpaired) electrons. The molecular formula is C7H11NO3. The van der Waals surface area contributed by atoms with Crippen LogP contribution in [-0.4, -0.2) is 46.3 Å². The Labute approximate surface area is 64.4 Å². The van der Waals surface area contributed by atoms with Crippen LogP contribution in [0.2, 0.25) is 0 Å². The Morgan fingerprint density at radius 1 is 1.64 bits per heavy atom. The molecule has 2 N–H and O–H groups in total. The molecule has 0 amide bonds. The van der Waals surface area contributed by atoms with Gasteiger partial charge in [0.05, 0.1) is 0 Å². The number of aliphatic carboxylic acids is 1. The molecule has 0 aromatic rings. The van der Waals surface area contributed by atoms with Crippen molar-refractivity contribution < 1.29 is 15.0 Å². The van der Waals surface area contributed by atoms with Gasteiger partial charge in [0.2, 0.25) is 0 Å². The zero-order valence-electron chi connectivity index (χ0n) is 6.16. The van der Waals surface area contributed by atoms with Crippen molar-refractivity contribution >= 4 is 5.97 Å². The zero-order valence-corrected chi connectivity index (χ0v) is 6.16. The Morgan fingerprint density at radius 3 is 2.64 bits per heavy atom. The van der Waals surface area contributed by atoms with Crippen LogP contribution in [0.4, 0.5) is 0 Å². The molecule has 4 nitrogen and oxygen atoms in total. The van der Waals surface area contributed by atoms with Gasteiger partial charge in [-0.05, 0) is 13.0 Å². The summed E-state index contributed by atoms with van der Waals surface area (Å²) >= 11 is 0. The minimum atomic E-state index is -1.45. The molecule has 4 heteroatoms. The van der Waals surface area contributed by atoms with Gasteiger partial charge in [-0.25, -0.2) is 4.79 Å². The maximum atomic E-state index is 10.6. The Morgan fingerprint density at radius 2 is 2.36 bits per heavy atom. The van der Waals surface area contributed by atoms with Gasteiger partial charge in [-0.15, -0.1) is 0 Å². The van der Waals surface area contributed by atoms with Crippen LogP contribution in [0.25, 0.3) is 0 Å². The van der Waals surface area contributed by atoms with Gasteiger partial charge < -0.3 is 10.2 Å². The average Bonchev–Trinajstić information content (AvgIpc) is 2.45. The second kappa shape index (κ2) is 1.95. The lowest BCUT2D eigenvalue weighted by Gasteiger charge is -2.27. The summed E-state index contributed by atoms with van der Waals surface area (Å²) in [5.74, 6) is -1.11. The SMILES string of the molecule is O=C(O)[C@@]1(O)CN2CC[C@H]1C2. The quantitative estimate of drug-likeness (QED) is 0.520. The number of rotatable bonds is 1. The topological polar surface area (TPSA) is 60.8 Å². The van der Waals surface area contributed by atoms with E-state index in [-0.39, 0.29) is 5.92 Å². The molecule has 2 fully saturated rings. The predicted octanol–water partition coefficient (Wildman–Crippen LogP) is -0.862. The third-order valence-corrected chi connectivity index (χ3v) is 2.78. The van der Waals surface area contributed by atoms with Crippen molar-refractivity contribution in [3.05, 3.63) is 0 Å². The number of fused-ring (bicyclic) bond motifs is 2. The van der Waals surface area contributed by atoms with Gasteiger partial charge in [-0.1, -0.05) is 0 Å². The third-order valence-electron chi connectivity index (χ3n) is 2.78. The summed E-state index contributed by atoms with van der Waals surface area (Å²) in [4.78, 5) is 12.6. The number of carbonyl (C=O) groups is 1. The van der Waals surface area contributed by atoms with Gasteiger partial charge in [0, 0.05) is 19.0 Å². The van der Waals surface area contributed by atoms with Gasteiger partial charge in [-0.3, -0.25) is 4.90 Å². The molecule has 2 aliphatic rings. The van der Waals surface area contributed by atoms with E-state index >= 15 is 0 Å². The first kappa shape index (κ1) is 7.06. The Kier molecular flexibility index (Phi) is 1.25.